The molecule has 0 N–H and O–H groups in total. The number of rotatable bonds is 1. The van der Waals surface area contributed by atoms with Gasteiger partial charge in [0.25, 0.3) is 4.19 Å². The summed E-state index contributed by atoms with van der Waals surface area (Å²) in [6, 6.07) is 19.1. The molecule has 72 valence electrons. The highest BCUT2D eigenvalue weighted by atomic mass is 32.2. The van der Waals surface area contributed by atoms with Gasteiger partial charge in [0.2, 0.25) is 0 Å². The Morgan fingerprint density at radius 3 is 2.33 bits per heavy atom. The fourth-order valence-corrected chi connectivity index (χ4v) is 4.02. The average molecular weight is 229 g/mol. The molecule has 0 saturated heterocycles. The highest BCUT2D eigenvalue weighted by Gasteiger charge is 2.16. The first-order valence-electron chi connectivity index (χ1n) is 4.80. The maximum absolute atomic E-state index is 2.18. The van der Waals surface area contributed by atoms with Gasteiger partial charge in [-0.25, -0.2) is 0 Å². The van der Waals surface area contributed by atoms with E-state index in [9.17, 15) is 0 Å². The van der Waals surface area contributed by atoms with Gasteiger partial charge in [0, 0.05) is 5.56 Å². The molecule has 0 atom stereocenters. The lowest BCUT2D eigenvalue weighted by Gasteiger charge is -1.85. The van der Waals surface area contributed by atoms with Crippen LogP contribution < -0.4 is 0 Å². The Labute approximate surface area is 96.5 Å². The molecule has 0 nitrogen and oxygen atoms in total. The lowest BCUT2D eigenvalue weighted by molar-refractivity contribution is 1.72. The van der Waals surface area contributed by atoms with E-state index in [1.807, 2.05) is 22.7 Å². The summed E-state index contributed by atoms with van der Waals surface area (Å²) in [7, 11) is 0. The minimum atomic E-state index is 1.32. The quantitative estimate of drug-likeness (QED) is 0.520. The molecule has 1 heterocycles. The molecule has 0 radical (unpaired) electrons. The molecule has 3 aromatic rings. The van der Waals surface area contributed by atoms with Crippen LogP contribution in [0, 0.1) is 0 Å². The van der Waals surface area contributed by atoms with Crippen molar-refractivity contribution in [2.45, 2.75) is 0 Å². The third-order valence-corrected chi connectivity index (χ3v) is 4.89. The van der Waals surface area contributed by atoms with Crippen molar-refractivity contribution >= 4 is 32.1 Å². The van der Waals surface area contributed by atoms with Gasteiger partial charge in [0.05, 0.1) is 22.7 Å². The average Bonchev–Trinajstić information content (AvgIpc) is 2.74. The van der Waals surface area contributed by atoms with Crippen molar-refractivity contribution < 1.29 is 0 Å². The summed E-state index contributed by atoms with van der Waals surface area (Å²) in [5, 5.41) is 0. The minimum Gasteiger partial charge on any atom is -0.0622 e. The van der Waals surface area contributed by atoms with Gasteiger partial charge in [-0.15, -0.1) is 0 Å². The topological polar surface area (TPSA) is 0 Å². The van der Waals surface area contributed by atoms with Gasteiger partial charge in [-0.1, -0.05) is 30.3 Å². The van der Waals surface area contributed by atoms with Crippen molar-refractivity contribution in [3.63, 3.8) is 0 Å². The Balaban J connectivity index is 2.21. The summed E-state index contributed by atoms with van der Waals surface area (Å²) in [5.41, 5.74) is 1.32. The first kappa shape index (κ1) is 9.01. The molecule has 0 saturated carbocycles. The van der Waals surface area contributed by atoms with Gasteiger partial charge in [0.1, 0.15) is 0 Å². The van der Waals surface area contributed by atoms with Crippen LogP contribution in [0.4, 0.5) is 0 Å². The third kappa shape index (κ3) is 1.66. The van der Waals surface area contributed by atoms with E-state index in [1.54, 1.807) is 0 Å². The van der Waals surface area contributed by atoms with Crippen LogP contribution in [0.1, 0.15) is 0 Å². The highest BCUT2D eigenvalue weighted by Crippen LogP contribution is 2.38. The predicted molar refractivity (Wildman–Crippen MR) is 69.5 cm³/mol. The van der Waals surface area contributed by atoms with Crippen LogP contribution in [-0.4, -0.2) is 0 Å². The smallest absolute Gasteiger partial charge is 0.0622 e. The van der Waals surface area contributed by atoms with Gasteiger partial charge in [-0.3, -0.25) is 0 Å². The monoisotopic (exact) mass is 229 g/mol. The lowest BCUT2D eigenvalue weighted by Crippen LogP contribution is -1.65. The zero-order valence-corrected chi connectivity index (χ0v) is 9.65. The van der Waals surface area contributed by atoms with Crippen LogP contribution in [0.15, 0.2) is 54.6 Å². The second kappa shape index (κ2) is 3.72. The molecule has 0 bridgehead atoms. The summed E-state index contributed by atoms with van der Waals surface area (Å²) in [5.74, 6) is 0. The third-order valence-electron chi connectivity index (χ3n) is 2.26. The van der Waals surface area contributed by atoms with Crippen molar-refractivity contribution in [3.8, 4) is 9.75 Å². The molecule has 0 fully saturated rings. The SMILES string of the molecule is c1ccc(-c2sc3ccccc3[s+]2)cc1. The van der Waals surface area contributed by atoms with E-state index in [2.05, 4.69) is 54.6 Å². The number of fused-ring (bicyclic) bond motifs is 1. The van der Waals surface area contributed by atoms with Crippen LogP contribution in [-0.2, 0) is 0 Å². The Bertz CT molecular complexity index is 549. The normalized spacial score (nSPS) is 10.7. The maximum atomic E-state index is 2.18. The van der Waals surface area contributed by atoms with E-state index in [4.69, 9.17) is 0 Å². The van der Waals surface area contributed by atoms with Crippen molar-refractivity contribution in [2.24, 2.45) is 0 Å². The molecule has 2 aromatic carbocycles. The molecule has 0 aliphatic rings. The highest BCUT2D eigenvalue weighted by molar-refractivity contribution is 7.43. The van der Waals surface area contributed by atoms with Gasteiger partial charge < -0.3 is 0 Å². The van der Waals surface area contributed by atoms with Crippen molar-refractivity contribution in [1.82, 2.24) is 0 Å². The second-order valence-electron chi connectivity index (χ2n) is 3.30. The molecule has 2 heteroatoms. The molecular formula is C13H9S2+. The minimum absolute atomic E-state index is 1.32. The summed E-state index contributed by atoms with van der Waals surface area (Å²) in [4.78, 5) is 0. The van der Waals surface area contributed by atoms with Gasteiger partial charge in [0.15, 0.2) is 9.40 Å². The Morgan fingerprint density at radius 1 is 0.800 bits per heavy atom. The van der Waals surface area contributed by atoms with Crippen LogP contribution >= 0.6 is 22.7 Å². The van der Waals surface area contributed by atoms with E-state index in [0.29, 0.717) is 0 Å². The summed E-state index contributed by atoms with van der Waals surface area (Å²) in [6.07, 6.45) is 0. The predicted octanol–water partition coefficient (Wildman–Crippen LogP) is 4.91. The van der Waals surface area contributed by atoms with Gasteiger partial charge in [-0.2, -0.15) is 0 Å². The maximum Gasteiger partial charge on any atom is 0.286 e. The molecule has 0 spiro atoms. The molecule has 3 rings (SSSR count). The van der Waals surface area contributed by atoms with Crippen LogP contribution in [0.2, 0.25) is 0 Å². The second-order valence-corrected chi connectivity index (χ2v) is 5.67. The van der Waals surface area contributed by atoms with Crippen LogP contribution in [0.5, 0.6) is 0 Å². The molecule has 15 heavy (non-hydrogen) atoms. The van der Waals surface area contributed by atoms with Gasteiger partial charge in [-0.05, 0) is 24.3 Å². The first-order chi connectivity index (χ1) is 7.43. The Morgan fingerprint density at radius 2 is 1.53 bits per heavy atom. The number of benzene rings is 2. The molecule has 0 unspecified atom stereocenters. The van der Waals surface area contributed by atoms with Crippen molar-refractivity contribution in [1.29, 1.82) is 0 Å². The summed E-state index contributed by atoms with van der Waals surface area (Å²) < 4.78 is 4.14. The molecule has 0 amide bonds. The Kier molecular flexibility index (Phi) is 2.24. The fourth-order valence-electron chi connectivity index (χ4n) is 1.53. The Hall–Kier alpha value is -1.25. The molecular weight excluding hydrogens is 220 g/mol. The van der Waals surface area contributed by atoms with E-state index in [0.717, 1.165) is 0 Å². The molecule has 0 aliphatic carbocycles. The number of hydrogen-bond donors (Lipinski definition) is 0. The fraction of sp³-hybridized carbons (Fsp3) is 0. The van der Waals surface area contributed by atoms with E-state index < -0.39 is 0 Å². The van der Waals surface area contributed by atoms with Crippen LogP contribution in [0.25, 0.3) is 19.2 Å². The van der Waals surface area contributed by atoms with Crippen molar-refractivity contribution in [3.05, 3.63) is 54.6 Å². The largest absolute Gasteiger partial charge is 0.286 e. The summed E-state index contributed by atoms with van der Waals surface area (Å²) >= 11 is 3.74. The van der Waals surface area contributed by atoms with Crippen molar-refractivity contribution in [2.75, 3.05) is 0 Å². The lowest BCUT2D eigenvalue weighted by atomic mass is 10.2. The van der Waals surface area contributed by atoms with E-state index in [1.165, 1.54) is 19.2 Å². The summed E-state index contributed by atoms with van der Waals surface area (Å²) in [6.45, 7) is 0. The van der Waals surface area contributed by atoms with Crippen LogP contribution in [0.3, 0.4) is 0 Å². The van der Waals surface area contributed by atoms with E-state index >= 15 is 0 Å². The molecule has 0 aliphatic heterocycles. The molecule has 1 aromatic heterocycles. The van der Waals surface area contributed by atoms with E-state index in [-0.39, 0.29) is 0 Å². The zero-order valence-electron chi connectivity index (χ0n) is 8.01. The number of hydrogen-bond acceptors (Lipinski definition) is 1. The first-order valence-corrected chi connectivity index (χ1v) is 6.44. The zero-order chi connectivity index (χ0) is 10.1. The standard InChI is InChI=1S/C13H9S2/c1-2-6-10(7-3-1)13-14-11-8-4-5-9-12(11)15-13/h1-9H/q+1. The van der Waals surface area contributed by atoms with Gasteiger partial charge >= 0.3 is 0 Å².